The van der Waals surface area contributed by atoms with Gasteiger partial charge in [-0.3, -0.25) is 4.79 Å². The number of ether oxygens (including phenoxy) is 1. The number of anilines is 1. The van der Waals surface area contributed by atoms with E-state index in [4.69, 9.17) is 10.5 Å². The van der Waals surface area contributed by atoms with Gasteiger partial charge in [-0.2, -0.15) is 0 Å². The Hall–Kier alpha value is -0.750. The fourth-order valence-corrected chi connectivity index (χ4v) is 4.00. The first kappa shape index (κ1) is 22.3. The van der Waals surface area contributed by atoms with Gasteiger partial charge in [-0.15, -0.1) is 24.2 Å². The topological polar surface area (TPSA) is 64.3 Å². The molecule has 1 aliphatic carbocycles. The Morgan fingerprint density at radius 1 is 1.32 bits per heavy atom. The largest absolute Gasteiger partial charge is 0.378 e. The van der Waals surface area contributed by atoms with Crippen molar-refractivity contribution in [2.45, 2.75) is 69.2 Å². The minimum atomic E-state index is -0.897. The first-order chi connectivity index (χ1) is 11.0. The summed E-state index contributed by atoms with van der Waals surface area (Å²) in [6, 6.07) is 7.93. The molecule has 0 aliphatic heterocycles. The molecule has 1 aliphatic rings. The number of benzene rings is 1. The quantitative estimate of drug-likeness (QED) is 0.732. The predicted octanol–water partition coefficient (Wildman–Crippen LogP) is 4.47. The van der Waals surface area contributed by atoms with Crippen LogP contribution in [0.15, 0.2) is 29.2 Å². The minimum Gasteiger partial charge on any atom is -0.378 e. The van der Waals surface area contributed by atoms with E-state index < -0.39 is 5.54 Å². The molecule has 25 heavy (non-hydrogen) atoms. The Morgan fingerprint density at radius 2 is 1.88 bits per heavy atom. The molecule has 0 heterocycles. The lowest BCUT2D eigenvalue weighted by molar-refractivity contribution is -0.166. The summed E-state index contributed by atoms with van der Waals surface area (Å²) in [5.74, 6) is -0.139. The Balaban J connectivity index is 0.00000312. The third kappa shape index (κ3) is 4.70. The van der Waals surface area contributed by atoms with Crippen LogP contribution in [0.3, 0.4) is 0 Å². The molecule has 4 nitrogen and oxygen atoms in total. The van der Waals surface area contributed by atoms with E-state index in [1.807, 2.05) is 45.0 Å². The molecule has 0 saturated heterocycles. The van der Waals surface area contributed by atoms with Gasteiger partial charge in [0, 0.05) is 33.8 Å². The second-order valence-corrected chi connectivity index (χ2v) is 9.93. The number of thioether (sulfide) groups is 1. The summed E-state index contributed by atoms with van der Waals surface area (Å²) in [6.07, 6.45) is 0.585. The van der Waals surface area contributed by atoms with Crippen LogP contribution in [0.4, 0.5) is 5.69 Å². The smallest absolute Gasteiger partial charge is 0.245 e. The average Bonchev–Trinajstić information content (AvgIpc) is 2.47. The number of nitrogens with two attached hydrogens (primary N) is 1. The van der Waals surface area contributed by atoms with E-state index in [0.717, 1.165) is 5.69 Å². The third-order valence-corrected chi connectivity index (χ3v) is 5.89. The number of hydrogen-bond donors (Lipinski definition) is 2. The highest BCUT2D eigenvalue weighted by Gasteiger charge is 2.62. The van der Waals surface area contributed by atoms with Gasteiger partial charge in [0.2, 0.25) is 5.91 Å². The maximum absolute atomic E-state index is 12.7. The average molecular weight is 387 g/mol. The van der Waals surface area contributed by atoms with Crippen LogP contribution in [0.25, 0.3) is 0 Å². The number of halogens is 1. The second-order valence-electron chi connectivity index (χ2n) is 8.03. The number of carbonyl (C=O) groups is 1. The molecule has 0 spiro atoms. The molecule has 142 valence electrons. The molecular formula is C19H31ClN2O2S. The molecule has 0 aromatic heterocycles. The van der Waals surface area contributed by atoms with E-state index in [-0.39, 0.29) is 34.6 Å². The van der Waals surface area contributed by atoms with Crippen LogP contribution < -0.4 is 11.1 Å². The van der Waals surface area contributed by atoms with Gasteiger partial charge in [0.05, 0.1) is 6.10 Å². The summed E-state index contributed by atoms with van der Waals surface area (Å²) >= 11 is 1.80. The van der Waals surface area contributed by atoms with Crippen LogP contribution in [0.1, 0.15) is 48.0 Å². The molecule has 1 fully saturated rings. The van der Waals surface area contributed by atoms with E-state index in [1.54, 1.807) is 11.8 Å². The van der Waals surface area contributed by atoms with E-state index in [0.29, 0.717) is 13.0 Å². The highest BCUT2D eigenvalue weighted by molar-refractivity contribution is 8.00. The molecule has 1 amide bonds. The van der Waals surface area contributed by atoms with E-state index in [2.05, 4.69) is 26.1 Å². The van der Waals surface area contributed by atoms with E-state index in [9.17, 15) is 4.79 Å². The molecule has 1 saturated carbocycles. The molecule has 6 heteroatoms. The number of amides is 1. The van der Waals surface area contributed by atoms with Crippen LogP contribution in [-0.4, -0.2) is 28.9 Å². The molecule has 2 rings (SSSR count). The van der Waals surface area contributed by atoms with Crippen LogP contribution in [-0.2, 0) is 9.53 Å². The summed E-state index contributed by atoms with van der Waals surface area (Å²) in [5.41, 5.74) is 5.91. The number of rotatable bonds is 5. The van der Waals surface area contributed by atoms with Crippen LogP contribution in [0.5, 0.6) is 0 Å². The minimum absolute atomic E-state index is 0. The molecule has 0 radical (unpaired) electrons. The summed E-state index contributed by atoms with van der Waals surface area (Å²) in [4.78, 5) is 13.9. The summed E-state index contributed by atoms with van der Waals surface area (Å²) in [6.45, 7) is 13.1. The fourth-order valence-electron chi connectivity index (χ4n) is 3.02. The molecule has 0 bridgehead atoms. The van der Waals surface area contributed by atoms with Crippen molar-refractivity contribution in [2.75, 3.05) is 11.9 Å². The highest BCUT2D eigenvalue weighted by Crippen LogP contribution is 2.50. The Bertz CT molecular complexity index is 598. The number of nitrogens with one attached hydrogen (secondary N) is 1. The molecule has 1 aromatic carbocycles. The standard InChI is InChI=1S/C19H30N2O2S.ClH/c1-7-23-15-12-19(20,18(15,5)6)16(22)21-13-8-10-14(11-9-13)24-17(2,3)4;/h8-11,15H,7,12,20H2,1-6H3,(H,21,22);1H. The fraction of sp³-hybridized carbons (Fsp3) is 0.632. The zero-order chi connectivity index (χ0) is 18.2. The SMILES string of the molecule is CCOC1CC(N)(C(=O)Nc2ccc(SC(C)(C)C)cc2)C1(C)C.Cl. The zero-order valence-electron chi connectivity index (χ0n) is 16.0. The predicted molar refractivity (Wildman–Crippen MR) is 109 cm³/mol. The number of carbonyl (C=O) groups excluding carboxylic acids is 1. The maximum atomic E-state index is 12.7. The lowest BCUT2D eigenvalue weighted by atomic mass is 9.54. The third-order valence-electron chi connectivity index (χ3n) is 4.77. The van der Waals surface area contributed by atoms with Crippen molar-refractivity contribution in [1.29, 1.82) is 0 Å². The Kier molecular flexibility index (Phi) is 7.01. The van der Waals surface area contributed by atoms with Crippen LogP contribution >= 0.6 is 24.2 Å². The summed E-state index contributed by atoms with van der Waals surface area (Å²) < 4.78 is 5.85. The first-order valence-corrected chi connectivity index (χ1v) is 9.32. The van der Waals surface area contributed by atoms with Crippen molar-refractivity contribution in [2.24, 2.45) is 11.1 Å². The van der Waals surface area contributed by atoms with Gasteiger partial charge < -0.3 is 15.8 Å². The van der Waals surface area contributed by atoms with Crippen LogP contribution in [0.2, 0.25) is 0 Å². The van der Waals surface area contributed by atoms with Gasteiger partial charge in [0.25, 0.3) is 0 Å². The lowest BCUT2D eigenvalue weighted by Gasteiger charge is -2.57. The molecule has 3 N–H and O–H groups in total. The van der Waals surface area contributed by atoms with Crippen molar-refractivity contribution < 1.29 is 9.53 Å². The second kappa shape index (κ2) is 7.87. The monoisotopic (exact) mass is 386 g/mol. The van der Waals surface area contributed by atoms with E-state index >= 15 is 0 Å². The van der Waals surface area contributed by atoms with Crippen molar-refractivity contribution in [3.8, 4) is 0 Å². The molecule has 2 unspecified atom stereocenters. The number of hydrogen-bond acceptors (Lipinski definition) is 4. The van der Waals surface area contributed by atoms with Crippen molar-refractivity contribution in [1.82, 2.24) is 0 Å². The molecular weight excluding hydrogens is 356 g/mol. The molecule has 2 atom stereocenters. The van der Waals surface area contributed by atoms with Crippen molar-refractivity contribution in [3.05, 3.63) is 24.3 Å². The zero-order valence-corrected chi connectivity index (χ0v) is 17.6. The van der Waals surface area contributed by atoms with Gasteiger partial charge in [-0.1, -0.05) is 34.6 Å². The molecule has 1 aromatic rings. The van der Waals surface area contributed by atoms with Gasteiger partial charge >= 0.3 is 0 Å². The van der Waals surface area contributed by atoms with Gasteiger partial charge in [0.1, 0.15) is 5.54 Å². The highest BCUT2D eigenvalue weighted by atomic mass is 35.5. The van der Waals surface area contributed by atoms with Gasteiger partial charge in [0.15, 0.2) is 0 Å². The maximum Gasteiger partial charge on any atom is 0.245 e. The first-order valence-electron chi connectivity index (χ1n) is 8.50. The van der Waals surface area contributed by atoms with E-state index in [1.165, 1.54) is 4.90 Å². The lowest BCUT2D eigenvalue weighted by Crippen LogP contribution is -2.74. The Labute approximate surface area is 162 Å². The van der Waals surface area contributed by atoms with Crippen molar-refractivity contribution in [3.63, 3.8) is 0 Å². The summed E-state index contributed by atoms with van der Waals surface area (Å²) in [5, 5.41) is 2.96. The Morgan fingerprint density at radius 3 is 2.32 bits per heavy atom. The van der Waals surface area contributed by atoms with Gasteiger partial charge in [-0.25, -0.2) is 0 Å². The normalized spacial score (nSPS) is 24.8. The summed E-state index contributed by atoms with van der Waals surface area (Å²) in [7, 11) is 0. The van der Waals surface area contributed by atoms with Crippen molar-refractivity contribution >= 4 is 35.8 Å². The van der Waals surface area contributed by atoms with Gasteiger partial charge in [-0.05, 0) is 31.2 Å². The van der Waals surface area contributed by atoms with Crippen LogP contribution in [0, 0.1) is 5.41 Å².